The zero-order valence-corrected chi connectivity index (χ0v) is 30.0. The van der Waals surface area contributed by atoms with Gasteiger partial charge in [0.05, 0.1) is 32.5 Å². The summed E-state index contributed by atoms with van der Waals surface area (Å²) in [4.78, 5) is 24.4. The summed E-state index contributed by atoms with van der Waals surface area (Å²) >= 11 is 1.71. The van der Waals surface area contributed by atoms with Gasteiger partial charge in [0.1, 0.15) is 35.9 Å². The average Bonchev–Trinajstić information content (AvgIpc) is 3.41. The molecule has 1 aliphatic rings. The Labute approximate surface area is 286 Å². The maximum atomic E-state index is 12.2. The van der Waals surface area contributed by atoms with Crippen molar-refractivity contribution in [3.05, 3.63) is 29.8 Å². The molecule has 2 rings (SSSR count). The maximum Gasteiger partial charge on any atom is 0.251 e. The Morgan fingerprint density at radius 1 is 1.26 bits per heavy atom. The van der Waals surface area contributed by atoms with Crippen LogP contribution in [0.3, 0.4) is 0 Å². The van der Waals surface area contributed by atoms with E-state index in [2.05, 4.69) is 50.1 Å². The summed E-state index contributed by atoms with van der Waals surface area (Å²) in [5, 5.41) is 15.1. The van der Waals surface area contributed by atoms with E-state index in [-0.39, 0.29) is 85.2 Å². The second-order valence-corrected chi connectivity index (χ2v) is 16.0. The van der Waals surface area contributed by atoms with E-state index in [0.717, 1.165) is 5.75 Å². The number of hydrogen-bond acceptors (Lipinski definition) is 12. The molecule has 11 nitrogen and oxygen atoms in total. The lowest BCUT2D eigenvalue weighted by Crippen LogP contribution is -2.30. The minimum Gasteiger partial charge on any atom is -0.490 e. The van der Waals surface area contributed by atoms with Crippen molar-refractivity contribution in [2.75, 3.05) is 58.4 Å². The fourth-order valence-electron chi connectivity index (χ4n) is 4.08. The van der Waals surface area contributed by atoms with Crippen LogP contribution in [0.5, 0.6) is 5.75 Å². The third-order valence-corrected chi connectivity index (χ3v) is 10.6. The number of aliphatic hydroxyl groups is 1. The molecule has 0 radical (unpaired) electrons. The fraction of sp³-hybridized carbons (Fsp3) is 0.677. The van der Waals surface area contributed by atoms with Crippen molar-refractivity contribution in [3.8, 4) is 17.5 Å². The summed E-state index contributed by atoms with van der Waals surface area (Å²) in [7, 11) is 3.74. The second kappa shape index (κ2) is 22.9. The van der Waals surface area contributed by atoms with Crippen molar-refractivity contribution in [2.45, 2.75) is 74.9 Å². The highest BCUT2D eigenvalue weighted by Gasteiger charge is 2.36. The molecule has 1 aliphatic heterocycles. The van der Waals surface area contributed by atoms with Crippen LogP contribution in [-0.4, -0.2) is 116 Å². The molecule has 0 aromatic heterocycles. The van der Waals surface area contributed by atoms with Crippen LogP contribution >= 0.6 is 33.3 Å². The first-order valence-corrected chi connectivity index (χ1v) is 18.8. The van der Waals surface area contributed by atoms with Crippen molar-refractivity contribution in [2.24, 2.45) is 5.73 Å². The molecule has 5 atom stereocenters. The van der Waals surface area contributed by atoms with Crippen LogP contribution in [0.4, 0.5) is 0 Å². The first-order valence-electron chi connectivity index (χ1n) is 15.5. The van der Waals surface area contributed by atoms with Gasteiger partial charge in [-0.2, -0.15) is 5.82 Å². The molecule has 0 saturated carbocycles. The normalized spacial score (nSPS) is 19.1. The number of nitrogens with one attached hydrogen (secondary N) is 2. The number of carbonyl (C=O) groups is 2. The molecule has 1 aromatic rings. The van der Waals surface area contributed by atoms with E-state index in [9.17, 15) is 14.7 Å². The summed E-state index contributed by atoms with van der Waals surface area (Å²) in [5.74, 6) is 7.03. The molecule has 0 spiro atoms. The Kier molecular flexibility index (Phi) is 20.2. The number of nitrogens with two attached hydrogens (primary N) is 1. The van der Waals surface area contributed by atoms with Gasteiger partial charge >= 0.3 is 0 Å². The standard InChI is InChI=1S/C31H50BN3O8S3/c1-6-44-22(2)42-25-18-27(43-26(25)19-36)32-11-8-13-34-28(37)20-39-15-16-40-29(45-46-31(3,4)5)21-41-24-10-7-9-23(17-24)30(38)35-14-12-33/h7,9-10,17,22,25-27,29,32,36H,6,12-16,18-21,33H2,1-5H3,(H,34,37)(H,35,38)/t22-,25-,26?,27-,29?/m1/s1. The smallest absolute Gasteiger partial charge is 0.251 e. The molecule has 2 amide bonds. The van der Waals surface area contributed by atoms with Gasteiger partial charge in [0.2, 0.25) is 13.2 Å². The lowest BCUT2D eigenvalue weighted by atomic mass is 9.71. The monoisotopic (exact) mass is 699 g/mol. The van der Waals surface area contributed by atoms with Crippen LogP contribution in [0.1, 0.15) is 51.4 Å². The number of hydrogen-bond donors (Lipinski definition) is 4. The molecule has 1 fully saturated rings. The van der Waals surface area contributed by atoms with Crippen molar-refractivity contribution in [1.29, 1.82) is 0 Å². The van der Waals surface area contributed by atoms with Gasteiger partial charge in [-0.3, -0.25) is 9.59 Å². The third-order valence-electron chi connectivity index (χ3n) is 6.14. The predicted molar refractivity (Wildman–Crippen MR) is 190 cm³/mol. The van der Waals surface area contributed by atoms with Gasteiger partial charge in [0.25, 0.3) is 5.91 Å². The highest BCUT2D eigenvalue weighted by molar-refractivity contribution is 8.77. The molecular weight excluding hydrogens is 649 g/mol. The molecule has 1 heterocycles. The fourth-order valence-corrected chi connectivity index (χ4v) is 6.97. The average molecular weight is 700 g/mol. The van der Waals surface area contributed by atoms with E-state index in [1.165, 1.54) is 0 Å². The summed E-state index contributed by atoms with van der Waals surface area (Å²) in [6.45, 7) is 12.0. The number of rotatable bonds is 21. The highest BCUT2D eigenvalue weighted by Crippen LogP contribution is 2.38. The maximum absolute atomic E-state index is 12.2. The van der Waals surface area contributed by atoms with E-state index in [4.69, 9.17) is 29.4 Å². The minimum absolute atomic E-state index is 0.0137. The van der Waals surface area contributed by atoms with Crippen molar-refractivity contribution in [1.82, 2.24) is 10.6 Å². The molecule has 5 N–H and O–H groups in total. The molecule has 2 unspecified atom stereocenters. The first kappa shape index (κ1) is 40.6. The van der Waals surface area contributed by atoms with Gasteiger partial charge in [0, 0.05) is 29.4 Å². The van der Waals surface area contributed by atoms with Gasteiger partial charge in [0.15, 0.2) is 0 Å². The Bertz CT molecular complexity index is 1100. The topological polar surface area (TPSA) is 151 Å². The number of benzene rings is 1. The Morgan fingerprint density at radius 3 is 2.78 bits per heavy atom. The highest BCUT2D eigenvalue weighted by atomic mass is 33.1. The van der Waals surface area contributed by atoms with E-state index in [0.29, 0.717) is 38.1 Å². The van der Waals surface area contributed by atoms with Crippen molar-refractivity contribution in [3.63, 3.8) is 0 Å². The summed E-state index contributed by atoms with van der Waals surface area (Å²) in [6, 6.07) is 6.85. The minimum atomic E-state index is -0.343. The predicted octanol–water partition coefficient (Wildman–Crippen LogP) is 2.40. The van der Waals surface area contributed by atoms with Gasteiger partial charge < -0.3 is 45.2 Å². The van der Waals surface area contributed by atoms with Crippen LogP contribution in [0.25, 0.3) is 0 Å². The summed E-state index contributed by atoms with van der Waals surface area (Å²) < 4.78 is 29.4. The number of amides is 2. The first-order chi connectivity index (χ1) is 22.0. The van der Waals surface area contributed by atoms with E-state index < -0.39 is 0 Å². The van der Waals surface area contributed by atoms with E-state index in [1.54, 1.807) is 57.6 Å². The summed E-state index contributed by atoms with van der Waals surface area (Å²) in [5.41, 5.74) is 5.70. The van der Waals surface area contributed by atoms with Gasteiger partial charge in [-0.05, 0) is 37.3 Å². The van der Waals surface area contributed by atoms with Crippen molar-refractivity contribution >= 4 is 52.4 Å². The van der Waals surface area contributed by atoms with E-state index >= 15 is 0 Å². The Balaban J connectivity index is 1.68. The Hall–Kier alpha value is -1.61. The van der Waals surface area contributed by atoms with Crippen LogP contribution in [0, 0.1) is 11.7 Å². The number of aliphatic hydroxyl groups excluding tert-OH is 1. The quantitative estimate of drug-likeness (QED) is 0.0491. The van der Waals surface area contributed by atoms with E-state index in [1.807, 2.05) is 6.92 Å². The molecule has 0 bridgehead atoms. The molecule has 1 saturated heterocycles. The zero-order valence-electron chi connectivity index (χ0n) is 27.6. The molecular formula is C31H50BN3O8S3. The number of ether oxygens (including phenoxy) is 5. The second-order valence-electron chi connectivity index (χ2n) is 11.3. The SMILES string of the molecule is CCS[C@H](C)O[C@@H]1C[C@H](BC#CCNC(=O)COCCOC(COc2cccc(C(=O)NCCN)c2)SSC(C)(C)C)OC1CO. The molecule has 258 valence electrons. The lowest BCUT2D eigenvalue weighted by molar-refractivity contribution is -0.126. The zero-order chi connectivity index (χ0) is 33.8. The van der Waals surface area contributed by atoms with Crippen LogP contribution in [-0.2, 0) is 23.7 Å². The molecule has 15 heteroatoms. The Morgan fingerprint density at radius 2 is 2.07 bits per heavy atom. The van der Waals surface area contributed by atoms with Gasteiger partial charge in [-0.25, -0.2) is 0 Å². The molecule has 1 aromatic carbocycles. The van der Waals surface area contributed by atoms with Gasteiger partial charge in [-0.1, -0.05) is 61.3 Å². The van der Waals surface area contributed by atoms with Crippen LogP contribution < -0.4 is 21.1 Å². The molecule has 46 heavy (non-hydrogen) atoms. The largest absolute Gasteiger partial charge is 0.490 e. The van der Waals surface area contributed by atoms with Crippen LogP contribution in [0.15, 0.2) is 24.3 Å². The number of carbonyl (C=O) groups excluding carboxylic acids is 2. The van der Waals surface area contributed by atoms with Crippen LogP contribution in [0.2, 0.25) is 0 Å². The van der Waals surface area contributed by atoms with Gasteiger partial charge in [-0.15, -0.1) is 11.8 Å². The number of thioether (sulfide) groups is 1. The van der Waals surface area contributed by atoms with Crippen molar-refractivity contribution < 1.29 is 38.4 Å². The lowest BCUT2D eigenvalue weighted by Gasteiger charge is -2.22. The molecule has 0 aliphatic carbocycles. The third kappa shape index (κ3) is 17.5. The summed E-state index contributed by atoms with van der Waals surface area (Å²) in [6.07, 6.45) is 0.187.